The second-order valence-corrected chi connectivity index (χ2v) is 14.1. The highest BCUT2D eigenvalue weighted by molar-refractivity contribution is 8.76. The van der Waals surface area contributed by atoms with Gasteiger partial charge in [-0.15, -0.1) is 23.5 Å². The molecule has 3 heterocycles. The minimum absolute atomic E-state index is 0.486. The second kappa shape index (κ2) is 14.7. The van der Waals surface area contributed by atoms with Gasteiger partial charge in [0, 0.05) is 5.75 Å². The van der Waals surface area contributed by atoms with Crippen molar-refractivity contribution in [1.82, 2.24) is 0 Å². The van der Waals surface area contributed by atoms with E-state index in [1.54, 1.807) is 0 Å². The zero-order chi connectivity index (χ0) is 27.4. The Labute approximate surface area is 230 Å². The summed E-state index contributed by atoms with van der Waals surface area (Å²) in [6.45, 7) is 0.175. The van der Waals surface area contributed by atoms with Gasteiger partial charge in [0.05, 0.1) is 54.7 Å². The minimum atomic E-state index is -1.64. The zero-order valence-electron chi connectivity index (χ0n) is 19.8. The molecule has 37 heavy (non-hydrogen) atoms. The first-order valence-electron chi connectivity index (χ1n) is 11.7. The Balaban J connectivity index is 1.70. The van der Waals surface area contributed by atoms with Gasteiger partial charge in [0.15, 0.2) is 0 Å². The van der Waals surface area contributed by atoms with Crippen molar-refractivity contribution in [3.8, 4) is 0 Å². The quantitative estimate of drug-likeness (QED) is 0.107. The Morgan fingerprint density at radius 2 is 0.919 bits per heavy atom. The number of rotatable bonds is 10. The Kier molecular flexibility index (Phi) is 12.8. The van der Waals surface area contributed by atoms with Crippen molar-refractivity contribution in [2.24, 2.45) is 0 Å². The third-order valence-electron chi connectivity index (χ3n) is 6.35. The van der Waals surface area contributed by atoms with E-state index in [4.69, 9.17) is 14.2 Å². The van der Waals surface area contributed by atoms with E-state index < -0.39 is 108 Å². The normalized spacial score (nSPS) is 49.2. The molecule has 3 rings (SSSR count). The summed E-state index contributed by atoms with van der Waals surface area (Å²) < 4.78 is 17.0. The molecular formula is C20H36O13S4. The molecular weight excluding hydrogens is 576 g/mol. The molecule has 0 aromatic heterocycles. The summed E-state index contributed by atoms with van der Waals surface area (Å²) in [5, 5.41) is 101. The minimum Gasteiger partial charge on any atom is -0.394 e. The van der Waals surface area contributed by atoms with E-state index in [0.717, 1.165) is 29.3 Å². The predicted molar refractivity (Wildman–Crippen MR) is 138 cm³/mol. The second-order valence-electron chi connectivity index (χ2n) is 8.81. The van der Waals surface area contributed by atoms with Gasteiger partial charge in [-0.2, -0.15) is 0 Å². The summed E-state index contributed by atoms with van der Waals surface area (Å²) in [4.78, 5) is 0. The summed E-state index contributed by atoms with van der Waals surface area (Å²) in [6.07, 6.45) is -13.8. The Morgan fingerprint density at radius 3 is 1.38 bits per heavy atom. The van der Waals surface area contributed by atoms with Crippen molar-refractivity contribution >= 4 is 45.1 Å². The molecule has 0 radical (unpaired) electrons. The molecule has 17 heteroatoms. The standard InChI is InChI=1S/C20H36O13S4/c1-2-34-37-20-15(30)12(27)17(8(5-23)33-20)36-19-14(29)11(26)16(7(4-22)32-19)35-18-13(28)10(25)9(24)6(3-21)31-18/h6-30H,2-5H2,1H3/t6?,7-,8?,9?,10?,11?,12?,13?,14?,15?,16?,17?,18?,19?,20?/m0/s1. The van der Waals surface area contributed by atoms with Crippen LogP contribution in [0.3, 0.4) is 0 Å². The van der Waals surface area contributed by atoms with Crippen molar-refractivity contribution in [1.29, 1.82) is 0 Å². The number of thioether (sulfide) groups is 2. The van der Waals surface area contributed by atoms with E-state index in [1.165, 1.54) is 21.6 Å². The monoisotopic (exact) mass is 612 g/mol. The molecule has 15 atom stereocenters. The van der Waals surface area contributed by atoms with Gasteiger partial charge in [-0.1, -0.05) is 28.5 Å². The van der Waals surface area contributed by atoms with Crippen LogP contribution >= 0.6 is 45.1 Å². The fourth-order valence-electron chi connectivity index (χ4n) is 4.26. The van der Waals surface area contributed by atoms with Crippen LogP contribution in [0.5, 0.6) is 0 Å². The molecule has 0 spiro atoms. The smallest absolute Gasteiger partial charge is 0.142 e. The van der Waals surface area contributed by atoms with Crippen LogP contribution < -0.4 is 0 Å². The molecule has 0 saturated carbocycles. The Hall–Kier alpha value is 0.880. The third kappa shape index (κ3) is 7.21. The van der Waals surface area contributed by atoms with Crippen LogP contribution in [0.1, 0.15) is 6.92 Å². The summed E-state index contributed by atoms with van der Waals surface area (Å²) in [5.74, 6) is 0.736. The van der Waals surface area contributed by atoms with Crippen LogP contribution in [0.15, 0.2) is 0 Å². The Morgan fingerprint density at radius 1 is 0.514 bits per heavy atom. The van der Waals surface area contributed by atoms with Gasteiger partial charge in [0.1, 0.15) is 52.9 Å². The largest absolute Gasteiger partial charge is 0.394 e. The van der Waals surface area contributed by atoms with E-state index >= 15 is 0 Å². The van der Waals surface area contributed by atoms with Crippen molar-refractivity contribution in [2.45, 2.75) is 94.8 Å². The first kappa shape index (κ1) is 32.4. The molecule has 10 N–H and O–H groups in total. The molecule has 13 nitrogen and oxygen atoms in total. The summed E-state index contributed by atoms with van der Waals surface area (Å²) in [6, 6.07) is 0. The van der Waals surface area contributed by atoms with E-state index in [0.29, 0.717) is 0 Å². The lowest BCUT2D eigenvalue weighted by molar-refractivity contribution is -0.206. The number of ether oxygens (including phenoxy) is 3. The average molecular weight is 613 g/mol. The van der Waals surface area contributed by atoms with E-state index in [2.05, 4.69) is 0 Å². The number of aliphatic hydroxyl groups is 10. The summed E-state index contributed by atoms with van der Waals surface area (Å²) in [5.41, 5.74) is -3.22. The van der Waals surface area contributed by atoms with E-state index in [-0.39, 0.29) is 0 Å². The van der Waals surface area contributed by atoms with Gasteiger partial charge in [-0.05, 0) is 0 Å². The van der Waals surface area contributed by atoms with Crippen molar-refractivity contribution < 1.29 is 65.3 Å². The number of hydrogen-bond acceptors (Lipinski definition) is 17. The van der Waals surface area contributed by atoms with Gasteiger partial charge >= 0.3 is 0 Å². The number of aliphatic hydroxyl groups excluding tert-OH is 10. The molecule has 3 saturated heterocycles. The summed E-state index contributed by atoms with van der Waals surface area (Å²) in [7, 11) is 2.65. The first-order chi connectivity index (χ1) is 17.6. The van der Waals surface area contributed by atoms with Crippen molar-refractivity contribution in [2.75, 3.05) is 25.6 Å². The average Bonchev–Trinajstić information content (AvgIpc) is 2.90. The maximum Gasteiger partial charge on any atom is 0.142 e. The van der Waals surface area contributed by atoms with Crippen LogP contribution in [0, 0.1) is 0 Å². The molecule has 0 aromatic rings. The lowest BCUT2D eigenvalue weighted by Gasteiger charge is -2.47. The van der Waals surface area contributed by atoms with Gasteiger partial charge < -0.3 is 65.3 Å². The molecule has 0 bridgehead atoms. The van der Waals surface area contributed by atoms with Gasteiger partial charge in [-0.3, -0.25) is 0 Å². The first-order valence-corrected chi connectivity index (χ1v) is 16.0. The van der Waals surface area contributed by atoms with Crippen LogP contribution in [-0.2, 0) is 14.2 Å². The lowest BCUT2D eigenvalue weighted by Crippen LogP contribution is -2.62. The van der Waals surface area contributed by atoms with Gasteiger partial charge in [0.25, 0.3) is 0 Å². The number of hydrogen-bond donors (Lipinski definition) is 10. The van der Waals surface area contributed by atoms with Crippen molar-refractivity contribution in [3.63, 3.8) is 0 Å². The predicted octanol–water partition coefficient (Wildman–Crippen LogP) is -3.73. The van der Waals surface area contributed by atoms with Crippen LogP contribution in [0.25, 0.3) is 0 Å². The molecule has 218 valence electrons. The fourth-order valence-corrected chi connectivity index (χ4v) is 9.25. The molecule has 0 amide bonds. The van der Waals surface area contributed by atoms with E-state index in [9.17, 15) is 51.1 Å². The van der Waals surface area contributed by atoms with Gasteiger partial charge in [0.2, 0.25) is 0 Å². The lowest BCUT2D eigenvalue weighted by atomic mass is 10.0. The molecule has 0 aromatic carbocycles. The fraction of sp³-hybridized carbons (Fsp3) is 1.00. The zero-order valence-corrected chi connectivity index (χ0v) is 23.1. The highest BCUT2D eigenvalue weighted by Crippen LogP contribution is 2.44. The highest BCUT2D eigenvalue weighted by Gasteiger charge is 2.52. The van der Waals surface area contributed by atoms with Crippen molar-refractivity contribution in [3.05, 3.63) is 0 Å². The molecule has 14 unspecified atom stereocenters. The van der Waals surface area contributed by atoms with Crippen LogP contribution in [-0.4, -0.2) is 164 Å². The summed E-state index contributed by atoms with van der Waals surface area (Å²) >= 11 is 1.61. The van der Waals surface area contributed by atoms with E-state index in [1.807, 2.05) is 6.92 Å². The topological polar surface area (TPSA) is 230 Å². The molecule has 3 aliphatic rings. The SMILES string of the molecule is CCSSC1OC(CO)C(SC2O[C@@H](CO)C(SC3OC(CO)C(O)C(O)C3O)C(O)C2O)C(O)C1O. The molecule has 3 fully saturated rings. The maximum absolute atomic E-state index is 10.9. The molecule has 0 aliphatic carbocycles. The van der Waals surface area contributed by atoms with Crippen LogP contribution in [0.4, 0.5) is 0 Å². The Bertz CT molecular complexity index is 695. The molecule has 3 aliphatic heterocycles. The maximum atomic E-state index is 10.9. The highest BCUT2D eigenvalue weighted by atomic mass is 33.1. The van der Waals surface area contributed by atoms with Gasteiger partial charge in [-0.25, -0.2) is 0 Å². The van der Waals surface area contributed by atoms with Crippen LogP contribution in [0.2, 0.25) is 0 Å². The third-order valence-corrected chi connectivity index (χ3v) is 12.1.